The molecule has 5 nitrogen and oxygen atoms in total. The van der Waals surface area contributed by atoms with Crippen molar-refractivity contribution in [3.05, 3.63) is 46.5 Å². The fraction of sp³-hybridized carbons (Fsp3) is 0.500. The van der Waals surface area contributed by atoms with Gasteiger partial charge in [-0.3, -0.25) is 4.79 Å². The lowest BCUT2D eigenvalue weighted by molar-refractivity contribution is -0.128. The standard InChI is InChI=1S/C22H28N2O3S2/c1-3-5-6-16-7-9-17(10-8-16)19-11-12-20(25)24(19)13-14-28-22-23-18(15-29-22)21(26)27-4-2/h7-10,15,19H,3-6,11-14H2,1-2H3. The number of carbonyl (C=O) groups excluding carboxylic acids is 2. The molecule has 7 heteroatoms. The molecule has 1 saturated heterocycles. The Morgan fingerprint density at radius 1 is 1.31 bits per heavy atom. The van der Waals surface area contributed by atoms with E-state index in [1.807, 2.05) is 4.90 Å². The molecule has 1 aromatic carbocycles. The van der Waals surface area contributed by atoms with Crippen LogP contribution in [0.5, 0.6) is 0 Å². The van der Waals surface area contributed by atoms with Gasteiger partial charge in [-0.05, 0) is 37.3 Å². The minimum absolute atomic E-state index is 0.162. The number of benzene rings is 1. The number of nitrogens with zero attached hydrogens (tertiary/aromatic N) is 2. The van der Waals surface area contributed by atoms with E-state index >= 15 is 0 Å². The summed E-state index contributed by atoms with van der Waals surface area (Å²) in [4.78, 5) is 30.5. The number of carbonyl (C=O) groups is 2. The van der Waals surface area contributed by atoms with Crippen LogP contribution in [0.15, 0.2) is 34.0 Å². The molecule has 0 spiro atoms. The Labute approximate surface area is 180 Å². The van der Waals surface area contributed by atoms with Gasteiger partial charge in [0.05, 0.1) is 12.6 Å². The normalized spacial score (nSPS) is 16.4. The molecule has 2 heterocycles. The monoisotopic (exact) mass is 432 g/mol. The first kappa shape index (κ1) is 21.8. The molecule has 0 saturated carbocycles. The summed E-state index contributed by atoms with van der Waals surface area (Å²) in [5.41, 5.74) is 2.95. The molecule has 29 heavy (non-hydrogen) atoms. The Kier molecular flexibility index (Phi) is 8.12. The highest BCUT2D eigenvalue weighted by Crippen LogP contribution is 2.34. The van der Waals surface area contributed by atoms with Crippen LogP contribution in [0.4, 0.5) is 0 Å². The number of rotatable bonds is 10. The maximum absolute atomic E-state index is 12.4. The Balaban J connectivity index is 1.55. The van der Waals surface area contributed by atoms with Crippen LogP contribution in [0.1, 0.15) is 67.2 Å². The van der Waals surface area contributed by atoms with Crippen molar-refractivity contribution in [2.45, 2.75) is 56.3 Å². The highest BCUT2D eigenvalue weighted by molar-refractivity contribution is 8.01. The molecule has 1 aliphatic heterocycles. The molecule has 1 unspecified atom stereocenters. The van der Waals surface area contributed by atoms with Gasteiger partial charge >= 0.3 is 5.97 Å². The summed E-state index contributed by atoms with van der Waals surface area (Å²) < 4.78 is 5.81. The van der Waals surface area contributed by atoms with Crippen molar-refractivity contribution in [2.75, 3.05) is 18.9 Å². The number of aromatic nitrogens is 1. The number of aryl methyl sites for hydroxylation is 1. The van der Waals surface area contributed by atoms with Crippen molar-refractivity contribution in [1.29, 1.82) is 0 Å². The quantitative estimate of drug-likeness (QED) is 0.385. The van der Waals surface area contributed by atoms with Crippen molar-refractivity contribution in [3.8, 4) is 0 Å². The summed E-state index contributed by atoms with van der Waals surface area (Å²) in [5.74, 6) is 0.594. The van der Waals surface area contributed by atoms with E-state index in [1.165, 1.54) is 35.3 Å². The summed E-state index contributed by atoms with van der Waals surface area (Å²) in [5, 5.41) is 1.73. The predicted molar refractivity (Wildman–Crippen MR) is 118 cm³/mol. The molecule has 3 rings (SSSR count). The lowest BCUT2D eigenvalue weighted by Crippen LogP contribution is -2.29. The number of thioether (sulfide) groups is 1. The number of unbranched alkanes of at least 4 members (excludes halogenated alkanes) is 1. The average molecular weight is 433 g/mol. The number of hydrogen-bond acceptors (Lipinski definition) is 6. The summed E-state index contributed by atoms with van der Waals surface area (Å²) in [7, 11) is 0. The van der Waals surface area contributed by atoms with E-state index in [0.717, 1.165) is 22.9 Å². The van der Waals surface area contributed by atoms with Crippen molar-refractivity contribution in [1.82, 2.24) is 9.88 Å². The first-order chi connectivity index (χ1) is 14.1. The SMILES string of the molecule is CCCCc1ccc(C2CCC(=O)N2CCSc2nc(C(=O)OCC)cs2)cc1. The third-order valence-electron chi connectivity index (χ3n) is 5.04. The highest BCUT2D eigenvalue weighted by atomic mass is 32.2. The third-order valence-corrected chi connectivity index (χ3v) is 7.04. The van der Waals surface area contributed by atoms with Gasteiger partial charge in [-0.25, -0.2) is 9.78 Å². The van der Waals surface area contributed by atoms with Gasteiger partial charge in [-0.1, -0.05) is 49.4 Å². The van der Waals surface area contributed by atoms with Gasteiger partial charge < -0.3 is 9.64 Å². The van der Waals surface area contributed by atoms with Crippen molar-refractivity contribution in [2.24, 2.45) is 0 Å². The zero-order valence-electron chi connectivity index (χ0n) is 17.1. The minimum atomic E-state index is -0.382. The molecule has 0 radical (unpaired) electrons. The van der Waals surface area contributed by atoms with Crippen LogP contribution in [-0.4, -0.2) is 40.7 Å². The van der Waals surface area contributed by atoms with Crippen LogP contribution in [0, 0.1) is 0 Å². The minimum Gasteiger partial charge on any atom is -0.461 e. The van der Waals surface area contributed by atoms with E-state index in [-0.39, 0.29) is 17.9 Å². The van der Waals surface area contributed by atoms with Crippen molar-refractivity contribution >= 4 is 35.0 Å². The van der Waals surface area contributed by atoms with Crippen LogP contribution in [-0.2, 0) is 16.0 Å². The number of thiazole rings is 1. The first-order valence-electron chi connectivity index (χ1n) is 10.3. The number of hydrogen-bond donors (Lipinski definition) is 0. The maximum Gasteiger partial charge on any atom is 0.357 e. The van der Waals surface area contributed by atoms with Crippen LogP contribution in [0.3, 0.4) is 0 Å². The molecule has 1 aliphatic rings. The van der Waals surface area contributed by atoms with Gasteiger partial charge in [-0.15, -0.1) is 11.3 Å². The Bertz CT molecular complexity index is 820. The number of amides is 1. The molecule has 156 valence electrons. The molecule has 2 aromatic rings. The zero-order valence-corrected chi connectivity index (χ0v) is 18.7. The van der Waals surface area contributed by atoms with Crippen LogP contribution >= 0.6 is 23.1 Å². The van der Waals surface area contributed by atoms with Gasteiger partial charge in [0.25, 0.3) is 0 Å². The van der Waals surface area contributed by atoms with E-state index in [9.17, 15) is 9.59 Å². The fourth-order valence-electron chi connectivity index (χ4n) is 3.50. The van der Waals surface area contributed by atoms with Crippen molar-refractivity contribution in [3.63, 3.8) is 0 Å². The van der Waals surface area contributed by atoms with E-state index in [2.05, 4.69) is 36.2 Å². The van der Waals surface area contributed by atoms with Crippen LogP contribution < -0.4 is 0 Å². The summed E-state index contributed by atoms with van der Waals surface area (Å²) in [6.45, 7) is 5.01. The number of ether oxygens (including phenoxy) is 1. The lowest BCUT2D eigenvalue weighted by Gasteiger charge is -2.25. The van der Waals surface area contributed by atoms with Crippen LogP contribution in [0.25, 0.3) is 0 Å². The van der Waals surface area contributed by atoms with Gasteiger partial charge in [0.2, 0.25) is 5.91 Å². The second-order valence-corrected chi connectivity index (χ2v) is 9.25. The predicted octanol–water partition coefficient (Wildman–Crippen LogP) is 5.12. The Morgan fingerprint density at radius 2 is 2.10 bits per heavy atom. The largest absolute Gasteiger partial charge is 0.461 e. The number of likely N-dealkylation sites (tertiary alicyclic amines) is 1. The second kappa shape index (κ2) is 10.8. The molecule has 1 amide bonds. The number of esters is 1. The zero-order chi connectivity index (χ0) is 20.6. The molecule has 0 aliphatic carbocycles. The van der Waals surface area contributed by atoms with Gasteiger partial charge in [0, 0.05) is 24.1 Å². The smallest absolute Gasteiger partial charge is 0.357 e. The molecule has 1 aromatic heterocycles. The molecular formula is C22H28N2O3S2. The third kappa shape index (κ3) is 5.82. The van der Waals surface area contributed by atoms with Crippen molar-refractivity contribution < 1.29 is 14.3 Å². The summed E-state index contributed by atoms with van der Waals surface area (Å²) in [6.07, 6.45) is 5.01. The van der Waals surface area contributed by atoms with Gasteiger partial charge in [-0.2, -0.15) is 0 Å². The molecule has 0 N–H and O–H groups in total. The topological polar surface area (TPSA) is 59.5 Å². The molecule has 1 fully saturated rings. The summed E-state index contributed by atoms with van der Waals surface area (Å²) >= 11 is 3.02. The van der Waals surface area contributed by atoms with E-state index in [4.69, 9.17) is 4.74 Å². The van der Waals surface area contributed by atoms with Gasteiger partial charge in [0.15, 0.2) is 10.0 Å². The van der Waals surface area contributed by atoms with E-state index in [1.54, 1.807) is 24.1 Å². The molecule has 1 atom stereocenters. The summed E-state index contributed by atoms with van der Waals surface area (Å²) in [6, 6.07) is 8.93. The Hall–Kier alpha value is -1.86. The second-order valence-electron chi connectivity index (χ2n) is 7.05. The maximum atomic E-state index is 12.4. The van der Waals surface area contributed by atoms with Crippen LogP contribution in [0.2, 0.25) is 0 Å². The highest BCUT2D eigenvalue weighted by Gasteiger charge is 2.31. The average Bonchev–Trinajstić information content (AvgIpc) is 3.34. The lowest BCUT2D eigenvalue weighted by atomic mass is 10.0. The van der Waals surface area contributed by atoms with E-state index < -0.39 is 0 Å². The van der Waals surface area contributed by atoms with Gasteiger partial charge in [0.1, 0.15) is 0 Å². The van der Waals surface area contributed by atoms with E-state index in [0.29, 0.717) is 25.3 Å². The first-order valence-corrected chi connectivity index (χ1v) is 12.1. The fourth-order valence-corrected chi connectivity index (χ4v) is 5.31. The molecule has 0 bridgehead atoms. The molecular weight excluding hydrogens is 404 g/mol. The Morgan fingerprint density at radius 3 is 2.83 bits per heavy atom.